The molecule has 130 valence electrons. The van der Waals surface area contributed by atoms with Crippen LogP contribution in [0.3, 0.4) is 0 Å². The summed E-state index contributed by atoms with van der Waals surface area (Å²) < 4.78 is 24.8. The number of halogens is 1. The number of benzene rings is 2. The first-order chi connectivity index (χ1) is 12.5. The third-order valence-electron chi connectivity index (χ3n) is 5.18. The van der Waals surface area contributed by atoms with Crippen molar-refractivity contribution < 1.29 is 18.4 Å². The number of aryl methyl sites for hydroxylation is 2. The largest absolute Gasteiger partial charge is 0.361 e. The smallest absolute Gasteiger partial charge is 0.266 e. The molecule has 1 spiro atoms. The topological polar surface area (TPSA) is 64.4 Å². The van der Waals surface area contributed by atoms with Crippen LogP contribution in [0.2, 0.25) is 0 Å². The highest BCUT2D eigenvalue weighted by Crippen LogP contribution is 2.50. The lowest BCUT2D eigenvalue weighted by Gasteiger charge is -2.22. The van der Waals surface area contributed by atoms with E-state index in [9.17, 15) is 9.18 Å². The van der Waals surface area contributed by atoms with Gasteiger partial charge in [-0.05, 0) is 49.2 Å². The van der Waals surface area contributed by atoms with Crippen LogP contribution in [0, 0.1) is 19.7 Å². The van der Waals surface area contributed by atoms with Gasteiger partial charge in [0.1, 0.15) is 11.6 Å². The van der Waals surface area contributed by atoms with Gasteiger partial charge in [-0.3, -0.25) is 4.79 Å². The summed E-state index contributed by atoms with van der Waals surface area (Å²) in [4.78, 5) is 12.9. The molecule has 5 rings (SSSR count). The second-order valence-corrected chi connectivity index (χ2v) is 6.68. The van der Waals surface area contributed by atoms with Crippen LogP contribution in [-0.4, -0.2) is 11.1 Å². The van der Waals surface area contributed by atoms with Gasteiger partial charge in [-0.2, -0.15) is 0 Å². The predicted molar refractivity (Wildman–Crippen MR) is 92.0 cm³/mol. The average Bonchev–Trinajstić information content (AvgIpc) is 3.24. The molecular weight excluding hydrogens is 335 g/mol. The van der Waals surface area contributed by atoms with E-state index in [-0.39, 0.29) is 18.3 Å². The van der Waals surface area contributed by atoms with Gasteiger partial charge in [-0.15, -0.1) is 0 Å². The van der Waals surface area contributed by atoms with E-state index < -0.39 is 5.60 Å². The molecule has 5 nitrogen and oxygen atoms in total. The minimum absolute atomic E-state index is 0.190. The summed E-state index contributed by atoms with van der Waals surface area (Å²) in [6.45, 7) is 3.92. The van der Waals surface area contributed by atoms with Crippen LogP contribution in [-0.2, 0) is 21.7 Å². The maximum atomic E-state index is 13.6. The van der Waals surface area contributed by atoms with Crippen molar-refractivity contribution in [2.75, 3.05) is 5.32 Å². The summed E-state index contributed by atoms with van der Waals surface area (Å²) in [6.07, 6.45) is 0. The molecule has 3 heterocycles. The number of anilines is 1. The second-order valence-electron chi connectivity index (χ2n) is 6.68. The van der Waals surface area contributed by atoms with Gasteiger partial charge in [-0.25, -0.2) is 4.39 Å². The van der Waals surface area contributed by atoms with Crippen LogP contribution in [0.1, 0.15) is 28.1 Å². The Labute approximate surface area is 148 Å². The number of hydrogen-bond acceptors (Lipinski definition) is 4. The van der Waals surface area contributed by atoms with Crippen LogP contribution in [0.15, 0.2) is 40.9 Å². The van der Waals surface area contributed by atoms with Crippen LogP contribution >= 0.6 is 0 Å². The van der Waals surface area contributed by atoms with E-state index in [4.69, 9.17) is 9.26 Å². The van der Waals surface area contributed by atoms with Crippen molar-refractivity contribution in [1.82, 2.24) is 5.16 Å². The molecule has 0 saturated heterocycles. The molecule has 2 aliphatic rings. The Morgan fingerprint density at radius 3 is 2.77 bits per heavy atom. The van der Waals surface area contributed by atoms with E-state index >= 15 is 0 Å². The molecule has 0 aliphatic carbocycles. The summed E-state index contributed by atoms with van der Waals surface area (Å²) in [5, 5.41) is 6.90. The number of nitrogens with zero attached hydrogens (tertiary/aromatic N) is 1. The van der Waals surface area contributed by atoms with Gasteiger partial charge in [0, 0.05) is 22.4 Å². The maximum absolute atomic E-state index is 13.6. The first-order valence-electron chi connectivity index (χ1n) is 8.33. The lowest BCUT2D eigenvalue weighted by molar-refractivity contribution is -0.134. The van der Waals surface area contributed by atoms with E-state index in [1.54, 1.807) is 6.07 Å². The van der Waals surface area contributed by atoms with E-state index in [0.29, 0.717) is 22.6 Å². The Bertz CT molecular complexity index is 1070. The van der Waals surface area contributed by atoms with Crippen LogP contribution < -0.4 is 5.32 Å². The lowest BCUT2D eigenvalue weighted by atomic mass is 9.85. The zero-order chi connectivity index (χ0) is 18.1. The van der Waals surface area contributed by atoms with Gasteiger partial charge in [0.15, 0.2) is 5.60 Å². The highest BCUT2D eigenvalue weighted by molar-refractivity contribution is 6.08. The van der Waals surface area contributed by atoms with Crippen molar-refractivity contribution in [3.63, 3.8) is 0 Å². The second kappa shape index (κ2) is 5.02. The fourth-order valence-corrected chi connectivity index (χ4v) is 4.03. The molecule has 1 aromatic heterocycles. The maximum Gasteiger partial charge on any atom is 0.266 e. The Morgan fingerprint density at radius 1 is 1.15 bits per heavy atom. The van der Waals surface area contributed by atoms with Crippen molar-refractivity contribution in [1.29, 1.82) is 0 Å². The van der Waals surface area contributed by atoms with Gasteiger partial charge in [0.05, 0.1) is 12.3 Å². The number of aromatic nitrogens is 1. The van der Waals surface area contributed by atoms with Crippen molar-refractivity contribution in [3.8, 4) is 11.1 Å². The Hall–Kier alpha value is -2.99. The lowest BCUT2D eigenvalue weighted by Crippen LogP contribution is -2.35. The van der Waals surface area contributed by atoms with Crippen molar-refractivity contribution in [2.45, 2.75) is 26.1 Å². The van der Waals surface area contributed by atoms with Gasteiger partial charge in [0.25, 0.3) is 5.91 Å². The summed E-state index contributed by atoms with van der Waals surface area (Å²) >= 11 is 0. The number of carbonyl (C=O) groups is 1. The van der Waals surface area contributed by atoms with Crippen molar-refractivity contribution in [3.05, 3.63) is 70.4 Å². The number of ether oxygens (including phenoxy) is 1. The van der Waals surface area contributed by atoms with Crippen molar-refractivity contribution >= 4 is 11.6 Å². The van der Waals surface area contributed by atoms with E-state index in [2.05, 4.69) is 10.5 Å². The first-order valence-corrected chi connectivity index (χ1v) is 8.33. The van der Waals surface area contributed by atoms with Crippen LogP contribution in [0.4, 0.5) is 10.1 Å². The number of rotatable bonds is 1. The Morgan fingerprint density at radius 2 is 2.00 bits per heavy atom. The zero-order valence-corrected chi connectivity index (χ0v) is 14.2. The SMILES string of the molecule is Cc1noc(C)c1-c1ccc2c(c1)C1(OCc3cc(F)ccc31)C(=O)N2. The minimum Gasteiger partial charge on any atom is -0.361 e. The zero-order valence-electron chi connectivity index (χ0n) is 14.2. The Balaban J connectivity index is 1.74. The predicted octanol–water partition coefficient (Wildman–Crippen LogP) is 3.82. The molecule has 0 radical (unpaired) electrons. The van der Waals surface area contributed by atoms with Gasteiger partial charge in [0.2, 0.25) is 0 Å². The number of amides is 1. The molecular formula is C20H15FN2O3. The van der Waals surface area contributed by atoms with Crippen LogP contribution in [0.25, 0.3) is 11.1 Å². The van der Waals surface area contributed by atoms with Gasteiger partial charge < -0.3 is 14.6 Å². The molecule has 1 N–H and O–H groups in total. The van der Waals surface area contributed by atoms with Gasteiger partial charge in [-0.1, -0.05) is 17.3 Å². The van der Waals surface area contributed by atoms with E-state index in [1.807, 2.05) is 32.0 Å². The third kappa shape index (κ3) is 1.82. The number of hydrogen-bond donors (Lipinski definition) is 1. The molecule has 0 saturated carbocycles. The summed E-state index contributed by atoms with van der Waals surface area (Å²) in [7, 11) is 0. The normalized spacial score (nSPS) is 20.3. The average molecular weight is 350 g/mol. The van der Waals surface area contributed by atoms with E-state index in [0.717, 1.165) is 22.4 Å². The minimum atomic E-state index is -1.24. The molecule has 2 aliphatic heterocycles. The van der Waals surface area contributed by atoms with Gasteiger partial charge >= 0.3 is 0 Å². The number of fused-ring (bicyclic) bond motifs is 4. The molecule has 1 atom stereocenters. The molecule has 2 aromatic carbocycles. The van der Waals surface area contributed by atoms with E-state index in [1.165, 1.54) is 12.1 Å². The quantitative estimate of drug-likeness (QED) is 0.725. The summed E-state index contributed by atoms with van der Waals surface area (Å²) in [5.74, 6) is 0.116. The monoisotopic (exact) mass is 350 g/mol. The molecule has 1 unspecified atom stereocenters. The molecule has 26 heavy (non-hydrogen) atoms. The number of carbonyl (C=O) groups excluding carboxylic acids is 1. The standard InChI is InChI=1S/C20H15FN2O3/c1-10-18(11(2)26-23-10)12-3-6-17-16(8-12)20(19(24)22-17)15-5-4-14(21)7-13(15)9-25-20/h3-8H,9H2,1-2H3,(H,22,24). The molecule has 6 heteroatoms. The Kier molecular flexibility index (Phi) is 2.95. The third-order valence-corrected chi connectivity index (χ3v) is 5.18. The molecule has 3 aromatic rings. The summed E-state index contributed by atoms with van der Waals surface area (Å²) in [5.41, 5.74) is 4.14. The fraction of sp³-hybridized carbons (Fsp3) is 0.200. The first kappa shape index (κ1) is 15.3. The van der Waals surface area contributed by atoms with Crippen molar-refractivity contribution in [2.24, 2.45) is 0 Å². The molecule has 0 fully saturated rings. The summed E-state index contributed by atoms with van der Waals surface area (Å²) in [6, 6.07) is 10.1. The highest BCUT2D eigenvalue weighted by Gasteiger charge is 2.53. The highest BCUT2D eigenvalue weighted by atomic mass is 19.1. The fourth-order valence-electron chi connectivity index (χ4n) is 4.03. The molecule has 0 bridgehead atoms. The molecule has 1 amide bonds. The number of nitrogens with one attached hydrogen (secondary N) is 1. The van der Waals surface area contributed by atoms with Crippen LogP contribution in [0.5, 0.6) is 0 Å².